The number of rotatable bonds is 0. The third-order valence-electron chi connectivity index (χ3n) is 5.41. The molecule has 0 saturated heterocycles. The average Bonchev–Trinajstić information content (AvgIpc) is 3.33. The molecule has 0 spiro atoms. The van der Waals surface area contributed by atoms with Crippen LogP contribution in [-0.4, -0.2) is 0 Å². The summed E-state index contributed by atoms with van der Waals surface area (Å²) in [4.78, 5) is 1.50. The second-order valence-electron chi connectivity index (χ2n) is 7.07. The molecule has 4 aromatic rings. The molecule has 0 bridgehead atoms. The molecular formula is C26H20N3Na. The van der Waals surface area contributed by atoms with Crippen LogP contribution in [0.4, 0.5) is 0 Å². The zero-order valence-electron chi connectivity index (χ0n) is 17.0. The fourth-order valence-corrected chi connectivity index (χ4v) is 4.16. The molecule has 0 fully saturated rings. The minimum atomic E-state index is 0. The standard InChI is InChI=1S/2C13H10.N3.Na/c2*1-3-7-12-10(5-1)9-11-6-2-4-8-13(11)12;1-3-2;/h2*1-8H,9H2;;/q;;-1;+1. The first-order valence-electron chi connectivity index (χ1n) is 9.62. The summed E-state index contributed by atoms with van der Waals surface area (Å²) < 4.78 is 0. The Bertz CT molecular complexity index is 1020. The first kappa shape index (κ1) is 21.9. The Morgan fingerprint density at radius 3 is 0.867 bits per heavy atom. The Kier molecular flexibility index (Phi) is 7.51. The molecule has 0 saturated carbocycles. The van der Waals surface area contributed by atoms with E-state index in [1.165, 1.54) is 49.4 Å². The van der Waals surface area contributed by atoms with Crippen molar-refractivity contribution >= 4 is 0 Å². The molecule has 2 aliphatic carbocycles. The number of hydrogen-bond acceptors (Lipinski definition) is 0. The molecule has 0 N–H and O–H groups in total. The maximum atomic E-state index is 6.75. The summed E-state index contributed by atoms with van der Waals surface area (Å²) in [5.41, 5.74) is 25.0. The molecule has 4 aromatic carbocycles. The van der Waals surface area contributed by atoms with Crippen LogP contribution in [0.5, 0.6) is 0 Å². The molecule has 0 unspecified atom stereocenters. The third-order valence-corrected chi connectivity index (χ3v) is 5.41. The van der Waals surface area contributed by atoms with Crippen LogP contribution in [0, 0.1) is 0 Å². The smallest absolute Gasteiger partial charge is 0.373 e. The van der Waals surface area contributed by atoms with Gasteiger partial charge in [0.2, 0.25) is 0 Å². The summed E-state index contributed by atoms with van der Waals surface area (Å²) in [6, 6.07) is 34.6. The zero-order chi connectivity index (χ0) is 20.1. The summed E-state index contributed by atoms with van der Waals surface area (Å²) in [6.45, 7) is 0. The molecular weight excluding hydrogens is 377 g/mol. The molecule has 0 amide bonds. The van der Waals surface area contributed by atoms with E-state index in [0.717, 1.165) is 12.8 Å². The predicted octanol–water partition coefficient (Wildman–Crippen LogP) is 4.39. The zero-order valence-corrected chi connectivity index (χ0v) is 19.0. The van der Waals surface area contributed by atoms with E-state index in [-0.39, 0.29) is 29.6 Å². The normalized spacial score (nSPS) is 10.9. The summed E-state index contributed by atoms with van der Waals surface area (Å²) in [6.07, 6.45) is 2.21. The van der Waals surface area contributed by atoms with Crippen LogP contribution >= 0.6 is 0 Å². The predicted molar refractivity (Wildman–Crippen MR) is 119 cm³/mol. The number of hydrogen-bond donors (Lipinski definition) is 0. The number of fused-ring (bicyclic) bond motifs is 6. The van der Waals surface area contributed by atoms with Gasteiger partial charge in [-0.2, -0.15) is 0 Å². The van der Waals surface area contributed by atoms with Gasteiger partial charge < -0.3 is 11.1 Å². The van der Waals surface area contributed by atoms with E-state index in [4.69, 9.17) is 11.1 Å². The Balaban J connectivity index is 0.000000147. The van der Waals surface area contributed by atoms with E-state index < -0.39 is 0 Å². The van der Waals surface area contributed by atoms with Gasteiger partial charge in [-0.05, 0) is 57.3 Å². The maximum absolute atomic E-state index is 6.75. The van der Waals surface area contributed by atoms with Crippen LogP contribution in [0.15, 0.2) is 97.1 Å². The van der Waals surface area contributed by atoms with Gasteiger partial charge in [0.15, 0.2) is 0 Å². The monoisotopic (exact) mass is 397 g/mol. The van der Waals surface area contributed by atoms with Gasteiger partial charge in [0.05, 0.1) is 0 Å². The van der Waals surface area contributed by atoms with Gasteiger partial charge >= 0.3 is 29.6 Å². The molecule has 3 nitrogen and oxygen atoms in total. The second kappa shape index (κ2) is 10.3. The van der Waals surface area contributed by atoms with Crippen molar-refractivity contribution in [3.63, 3.8) is 0 Å². The van der Waals surface area contributed by atoms with E-state index in [1.54, 1.807) is 0 Å². The van der Waals surface area contributed by atoms with Gasteiger partial charge in [-0.25, -0.2) is 0 Å². The van der Waals surface area contributed by atoms with Crippen molar-refractivity contribution in [3.05, 3.63) is 135 Å². The van der Waals surface area contributed by atoms with Crippen molar-refractivity contribution in [2.45, 2.75) is 12.8 Å². The third kappa shape index (κ3) is 4.51. The molecule has 0 aliphatic heterocycles. The Labute approximate surface area is 199 Å². The quantitative estimate of drug-likeness (QED) is 0.158. The molecule has 2 aliphatic rings. The number of nitrogens with zero attached hydrogens (tertiary/aromatic N) is 3. The topological polar surface area (TPSA) is 58.7 Å². The second-order valence-corrected chi connectivity index (χ2v) is 7.07. The Morgan fingerprint density at radius 2 is 0.633 bits per heavy atom. The molecule has 140 valence electrons. The van der Waals surface area contributed by atoms with Crippen LogP contribution in [0.25, 0.3) is 38.2 Å². The van der Waals surface area contributed by atoms with Crippen LogP contribution in [0.2, 0.25) is 0 Å². The van der Waals surface area contributed by atoms with Gasteiger partial charge in [0.1, 0.15) is 0 Å². The van der Waals surface area contributed by atoms with Crippen LogP contribution in [-0.2, 0) is 12.8 Å². The van der Waals surface area contributed by atoms with Crippen LogP contribution < -0.4 is 29.6 Å². The molecule has 0 radical (unpaired) electrons. The van der Waals surface area contributed by atoms with Crippen molar-refractivity contribution < 1.29 is 29.6 Å². The molecule has 0 heterocycles. The molecule has 0 atom stereocenters. The maximum Gasteiger partial charge on any atom is 1.00 e. The van der Waals surface area contributed by atoms with Gasteiger partial charge in [0, 0.05) is 0 Å². The van der Waals surface area contributed by atoms with Gasteiger partial charge in [0.25, 0.3) is 0 Å². The first-order chi connectivity index (χ1) is 14.3. The van der Waals surface area contributed by atoms with Crippen molar-refractivity contribution in [1.29, 1.82) is 0 Å². The van der Waals surface area contributed by atoms with Crippen molar-refractivity contribution in [1.82, 2.24) is 0 Å². The molecule has 0 aromatic heterocycles. The van der Waals surface area contributed by atoms with E-state index >= 15 is 0 Å². The SMILES string of the molecule is [N-]=[N+]=[N-].[Na+].c1ccc2c(c1)Cc1ccccc1-2.c1ccc2c(c1)Cc1ccccc1-2. The van der Waals surface area contributed by atoms with Crippen molar-refractivity contribution in [2.24, 2.45) is 0 Å². The van der Waals surface area contributed by atoms with Gasteiger partial charge in [-0.1, -0.05) is 97.1 Å². The molecule has 6 rings (SSSR count). The Hall–Kier alpha value is -2.81. The fourth-order valence-electron chi connectivity index (χ4n) is 4.16. The van der Waals surface area contributed by atoms with Crippen LogP contribution in [0.1, 0.15) is 22.3 Å². The van der Waals surface area contributed by atoms with E-state index in [9.17, 15) is 0 Å². The van der Waals surface area contributed by atoms with Crippen molar-refractivity contribution in [2.75, 3.05) is 0 Å². The minimum Gasteiger partial charge on any atom is -0.373 e. The van der Waals surface area contributed by atoms with Crippen LogP contribution in [0.3, 0.4) is 0 Å². The van der Waals surface area contributed by atoms with Gasteiger partial charge in [-0.3, -0.25) is 4.91 Å². The number of benzene rings is 4. The molecule has 4 heteroatoms. The summed E-state index contributed by atoms with van der Waals surface area (Å²) in [5.74, 6) is 0. The average molecular weight is 397 g/mol. The first-order valence-corrected chi connectivity index (χ1v) is 9.62. The van der Waals surface area contributed by atoms with E-state index in [0.29, 0.717) is 0 Å². The fraction of sp³-hybridized carbons (Fsp3) is 0.0769. The summed E-state index contributed by atoms with van der Waals surface area (Å²) >= 11 is 0. The van der Waals surface area contributed by atoms with Crippen molar-refractivity contribution in [3.8, 4) is 22.3 Å². The Morgan fingerprint density at radius 1 is 0.433 bits per heavy atom. The van der Waals surface area contributed by atoms with E-state index in [2.05, 4.69) is 97.1 Å². The minimum absolute atomic E-state index is 0. The largest absolute Gasteiger partial charge is 1.00 e. The summed E-state index contributed by atoms with van der Waals surface area (Å²) in [7, 11) is 0. The van der Waals surface area contributed by atoms with Gasteiger partial charge in [-0.15, -0.1) is 0 Å². The van der Waals surface area contributed by atoms with E-state index in [1.807, 2.05) is 0 Å². The molecule has 30 heavy (non-hydrogen) atoms. The summed E-state index contributed by atoms with van der Waals surface area (Å²) in [5, 5.41) is 0.